The molecule has 1 atom stereocenters. The number of carbonyl (C=O) groups is 1. The molecule has 0 fully saturated rings. The average molecular weight is 394 g/mol. The van der Waals surface area contributed by atoms with Crippen LogP contribution in [0.2, 0.25) is 5.02 Å². The summed E-state index contributed by atoms with van der Waals surface area (Å²) in [5.74, 6) is 1.32. The van der Waals surface area contributed by atoms with Crippen molar-refractivity contribution in [3.8, 4) is 11.5 Å². The summed E-state index contributed by atoms with van der Waals surface area (Å²) in [6.07, 6.45) is 3.41. The van der Waals surface area contributed by atoms with Crippen molar-refractivity contribution >= 4 is 23.0 Å². The second-order valence-electron chi connectivity index (χ2n) is 6.67. The predicted octanol–water partition coefficient (Wildman–Crippen LogP) is 2.86. The first-order valence-corrected chi connectivity index (χ1v) is 9.30. The van der Waals surface area contributed by atoms with Gasteiger partial charge in [-0.25, -0.2) is 4.52 Å². The van der Waals surface area contributed by atoms with Crippen LogP contribution in [0.1, 0.15) is 29.3 Å². The molecular formula is C19H16ClN7O. The summed E-state index contributed by atoms with van der Waals surface area (Å²) in [5.41, 5.74) is 1.97. The van der Waals surface area contributed by atoms with Gasteiger partial charge in [-0.2, -0.15) is 5.10 Å². The molecule has 1 amide bonds. The van der Waals surface area contributed by atoms with E-state index in [0.717, 1.165) is 22.9 Å². The van der Waals surface area contributed by atoms with Gasteiger partial charge in [0.25, 0.3) is 5.91 Å². The molecule has 0 saturated carbocycles. The number of rotatable bonds is 2. The van der Waals surface area contributed by atoms with Crippen LogP contribution in [0.3, 0.4) is 0 Å². The van der Waals surface area contributed by atoms with E-state index in [1.54, 1.807) is 33.9 Å². The lowest BCUT2D eigenvalue weighted by Crippen LogP contribution is -2.41. The molecule has 0 aromatic carbocycles. The number of nitrogens with zero attached hydrogens (tertiary/aromatic N) is 7. The van der Waals surface area contributed by atoms with Gasteiger partial charge in [-0.05, 0) is 37.3 Å². The zero-order valence-electron chi connectivity index (χ0n) is 15.0. The first-order valence-electron chi connectivity index (χ1n) is 8.92. The third-order valence-electron chi connectivity index (χ3n) is 4.98. The van der Waals surface area contributed by atoms with Gasteiger partial charge in [0.05, 0.1) is 16.6 Å². The summed E-state index contributed by atoms with van der Waals surface area (Å²) in [5, 5.41) is 13.6. The molecule has 1 aliphatic heterocycles. The number of carbonyl (C=O) groups excluding carboxylic acids is 1. The number of hydrogen-bond donors (Lipinski definition) is 0. The van der Waals surface area contributed by atoms with Crippen molar-refractivity contribution in [1.82, 2.24) is 34.3 Å². The second-order valence-corrected chi connectivity index (χ2v) is 7.11. The summed E-state index contributed by atoms with van der Waals surface area (Å²) in [6, 6.07) is 10.8. The minimum absolute atomic E-state index is 0.138. The second kappa shape index (κ2) is 6.42. The molecular weight excluding hydrogens is 378 g/mol. The standard InChI is InChI=1S/C19H16ClN7O/c1-12-17-22-23-18(15-4-2-3-7-21-15)26(17)9-8-25(12)19(28)16-10-14-6-5-13(20)11-27(14)24-16/h2-7,10-12H,8-9H2,1H3. The maximum absolute atomic E-state index is 13.1. The third kappa shape index (κ3) is 2.65. The van der Waals surface area contributed by atoms with Crippen LogP contribution in [0.25, 0.3) is 17.0 Å². The van der Waals surface area contributed by atoms with Crippen molar-refractivity contribution in [2.45, 2.75) is 19.5 Å². The van der Waals surface area contributed by atoms with E-state index in [9.17, 15) is 4.79 Å². The van der Waals surface area contributed by atoms with Gasteiger partial charge in [0, 0.05) is 25.5 Å². The van der Waals surface area contributed by atoms with Crippen LogP contribution in [0.15, 0.2) is 48.8 Å². The molecule has 28 heavy (non-hydrogen) atoms. The molecule has 140 valence electrons. The minimum Gasteiger partial charge on any atom is -0.325 e. The van der Waals surface area contributed by atoms with Gasteiger partial charge >= 0.3 is 0 Å². The highest BCUT2D eigenvalue weighted by molar-refractivity contribution is 6.30. The Morgan fingerprint density at radius 3 is 2.89 bits per heavy atom. The van der Waals surface area contributed by atoms with Crippen molar-refractivity contribution in [3.63, 3.8) is 0 Å². The van der Waals surface area contributed by atoms with Gasteiger partial charge in [-0.1, -0.05) is 17.7 Å². The van der Waals surface area contributed by atoms with E-state index in [4.69, 9.17) is 11.6 Å². The zero-order valence-corrected chi connectivity index (χ0v) is 15.8. The third-order valence-corrected chi connectivity index (χ3v) is 5.21. The fourth-order valence-electron chi connectivity index (χ4n) is 3.56. The van der Waals surface area contributed by atoms with Gasteiger partial charge in [-0.3, -0.25) is 9.78 Å². The van der Waals surface area contributed by atoms with Crippen molar-refractivity contribution in [2.75, 3.05) is 6.54 Å². The van der Waals surface area contributed by atoms with Gasteiger partial charge in [0.15, 0.2) is 17.3 Å². The lowest BCUT2D eigenvalue weighted by molar-refractivity contribution is 0.0632. The van der Waals surface area contributed by atoms with Crippen molar-refractivity contribution in [1.29, 1.82) is 0 Å². The topological polar surface area (TPSA) is 81.2 Å². The van der Waals surface area contributed by atoms with Crippen molar-refractivity contribution < 1.29 is 4.79 Å². The van der Waals surface area contributed by atoms with E-state index in [2.05, 4.69) is 20.3 Å². The van der Waals surface area contributed by atoms with Crippen LogP contribution < -0.4 is 0 Å². The molecule has 5 rings (SSSR count). The largest absolute Gasteiger partial charge is 0.325 e. The van der Waals surface area contributed by atoms with Crippen molar-refractivity contribution in [2.24, 2.45) is 0 Å². The quantitative estimate of drug-likeness (QED) is 0.523. The van der Waals surface area contributed by atoms with Crippen LogP contribution in [0.4, 0.5) is 0 Å². The van der Waals surface area contributed by atoms with Gasteiger partial charge in [0.2, 0.25) is 0 Å². The molecule has 8 nitrogen and oxygen atoms in total. The van der Waals surface area contributed by atoms with E-state index in [1.165, 1.54) is 0 Å². The first-order chi connectivity index (χ1) is 13.6. The number of hydrogen-bond acceptors (Lipinski definition) is 5. The fourth-order valence-corrected chi connectivity index (χ4v) is 3.72. The van der Waals surface area contributed by atoms with Crippen LogP contribution in [-0.2, 0) is 6.54 Å². The summed E-state index contributed by atoms with van der Waals surface area (Å²) >= 11 is 6.01. The molecule has 0 bridgehead atoms. The molecule has 5 heterocycles. The normalized spacial score (nSPS) is 16.4. The van der Waals surface area contributed by atoms with E-state index < -0.39 is 0 Å². The Labute approximate surface area is 165 Å². The molecule has 4 aromatic heterocycles. The van der Waals surface area contributed by atoms with Crippen LogP contribution >= 0.6 is 11.6 Å². The highest BCUT2D eigenvalue weighted by Gasteiger charge is 2.33. The summed E-state index contributed by atoms with van der Waals surface area (Å²) in [4.78, 5) is 19.2. The monoisotopic (exact) mass is 393 g/mol. The molecule has 0 saturated heterocycles. The van der Waals surface area contributed by atoms with E-state index in [-0.39, 0.29) is 11.9 Å². The first kappa shape index (κ1) is 16.9. The van der Waals surface area contributed by atoms with E-state index in [0.29, 0.717) is 23.8 Å². The lowest BCUT2D eigenvalue weighted by Gasteiger charge is -2.33. The highest BCUT2D eigenvalue weighted by Crippen LogP contribution is 2.28. The van der Waals surface area contributed by atoms with Crippen molar-refractivity contribution in [3.05, 3.63) is 65.3 Å². The SMILES string of the molecule is CC1c2nnc(-c3ccccn3)n2CCN1C(=O)c1cc2ccc(Cl)cn2n1. The Morgan fingerprint density at radius 1 is 1.18 bits per heavy atom. The number of aromatic nitrogens is 6. The molecule has 4 aromatic rings. The fraction of sp³-hybridized carbons (Fsp3) is 0.211. The van der Waals surface area contributed by atoms with Crippen LogP contribution in [-0.4, -0.2) is 46.7 Å². The summed E-state index contributed by atoms with van der Waals surface area (Å²) < 4.78 is 3.64. The Hall–Kier alpha value is -3.26. The van der Waals surface area contributed by atoms with Gasteiger partial charge < -0.3 is 9.47 Å². The van der Waals surface area contributed by atoms with Crippen LogP contribution in [0, 0.1) is 0 Å². The Balaban J connectivity index is 1.46. The Kier molecular flexibility index (Phi) is 3.87. The number of fused-ring (bicyclic) bond motifs is 2. The molecule has 9 heteroatoms. The average Bonchev–Trinajstić information content (AvgIpc) is 3.32. The number of pyridine rings is 2. The summed E-state index contributed by atoms with van der Waals surface area (Å²) in [7, 11) is 0. The molecule has 0 aliphatic carbocycles. The maximum atomic E-state index is 13.1. The molecule has 0 radical (unpaired) electrons. The molecule has 0 N–H and O–H groups in total. The maximum Gasteiger partial charge on any atom is 0.275 e. The Bertz CT molecular complexity index is 1180. The van der Waals surface area contributed by atoms with Gasteiger partial charge in [0.1, 0.15) is 5.69 Å². The zero-order chi connectivity index (χ0) is 19.3. The predicted molar refractivity (Wildman–Crippen MR) is 103 cm³/mol. The molecule has 1 unspecified atom stereocenters. The summed E-state index contributed by atoms with van der Waals surface area (Å²) in [6.45, 7) is 3.09. The lowest BCUT2D eigenvalue weighted by atomic mass is 10.2. The Morgan fingerprint density at radius 2 is 2.07 bits per heavy atom. The number of halogens is 1. The number of amides is 1. The van der Waals surface area contributed by atoms with Gasteiger partial charge in [-0.15, -0.1) is 10.2 Å². The minimum atomic E-state index is -0.223. The highest BCUT2D eigenvalue weighted by atomic mass is 35.5. The molecule has 1 aliphatic rings. The van der Waals surface area contributed by atoms with E-state index >= 15 is 0 Å². The smallest absolute Gasteiger partial charge is 0.275 e. The van der Waals surface area contributed by atoms with E-state index in [1.807, 2.05) is 35.8 Å². The van der Waals surface area contributed by atoms with Crippen LogP contribution in [0.5, 0.6) is 0 Å². The molecule has 0 spiro atoms.